The summed E-state index contributed by atoms with van der Waals surface area (Å²) >= 11 is 1.45. The van der Waals surface area contributed by atoms with Crippen LogP contribution in [-0.2, 0) is 0 Å². The second-order valence-corrected chi connectivity index (χ2v) is 3.32. The van der Waals surface area contributed by atoms with Gasteiger partial charge in [0.2, 0.25) is 0 Å². The van der Waals surface area contributed by atoms with Crippen LogP contribution in [0.15, 0.2) is 42.4 Å². The number of allylic oxidation sites excluding steroid dienone is 1. The van der Waals surface area contributed by atoms with Gasteiger partial charge in [0.1, 0.15) is 0 Å². The van der Waals surface area contributed by atoms with Crippen molar-refractivity contribution in [3.63, 3.8) is 0 Å². The largest absolute Gasteiger partial charge is 0.387 e. The molecule has 1 N–H and O–H groups in total. The summed E-state index contributed by atoms with van der Waals surface area (Å²) in [5, 5.41) is 4.80. The van der Waals surface area contributed by atoms with E-state index in [9.17, 15) is 4.79 Å². The van der Waals surface area contributed by atoms with Gasteiger partial charge in [0.15, 0.2) is 5.78 Å². The molecule has 0 amide bonds. The van der Waals surface area contributed by atoms with Gasteiger partial charge in [0.05, 0.1) is 4.88 Å². The quantitative estimate of drug-likeness (QED) is 0.336. The van der Waals surface area contributed by atoms with Crippen molar-refractivity contribution in [2.75, 3.05) is 6.54 Å². The number of ketones is 1. The van der Waals surface area contributed by atoms with Gasteiger partial charge >= 0.3 is 0 Å². The van der Waals surface area contributed by atoms with Crippen molar-refractivity contribution in [1.82, 2.24) is 5.32 Å². The van der Waals surface area contributed by atoms with Crippen LogP contribution in [0.5, 0.6) is 0 Å². The van der Waals surface area contributed by atoms with Crippen molar-refractivity contribution < 1.29 is 4.79 Å². The van der Waals surface area contributed by atoms with Crippen LogP contribution >= 0.6 is 11.3 Å². The van der Waals surface area contributed by atoms with Crippen molar-refractivity contribution in [2.45, 2.75) is 0 Å². The fraction of sp³-hybridized carbons (Fsp3) is 0.100. The molecule has 3 heteroatoms. The number of hydrogen-bond donors (Lipinski definition) is 1. The van der Waals surface area contributed by atoms with E-state index in [1.165, 1.54) is 17.4 Å². The topological polar surface area (TPSA) is 29.1 Å². The molecule has 1 aromatic heterocycles. The van der Waals surface area contributed by atoms with Crippen LogP contribution in [0.25, 0.3) is 0 Å². The molecule has 0 aliphatic carbocycles. The second kappa shape index (κ2) is 5.32. The molecule has 0 bridgehead atoms. The molecule has 0 saturated carbocycles. The first kappa shape index (κ1) is 9.74. The van der Waals surface area contributed by atoms with Gasteiger partial charge in [-0.15, -0.1) is 17.9 Å². The fourth-order valence-corrected chi connectivity index (χ4v) is 1.43. The molecule has 0 spiro atoms. The summed E-state index contributed by atoms with van der Waals surface area (Å²) in [5.41, 5.74) is 0. The maximum Gasteiger partial charge on any atom is 0.197 e. The molecule has 1 aromatic rings. The Hall–Kier alpha value is -1.35. The zero-order chi connectivity index (χ0) is 9.52. The summed E-state index contributed by atoms with van der Waals surface area (Å²) in [5.74, 6) is 0.0339. The minimum Gasteiger partial charge on any atom is -0.387 e. The number of carbonyl (C=O) groups excluding carboxylic acids is 1. The molecule has 0 fully saturated rings. The summed E-state index contributed by atoms with van der Waals surface area (Å²) in [6.07, 6.45) is 4.90. The second-order valence-electron chi connectivity index (χ2n) is 2.37. The molecule has 68 valence electrons. The van der Waals surface area contributed by atoms with Gasteiger partial charge in [-0.3, -0.25) is 4.79 Å². The highest BCUT2D eigenvalue weighted by Crippen LogP contribution is 2.09. The lowest BCUT2D eigenvalue weighted by atomic mass is 10.3. The first-order valence-electron chi connectivity index (χ1n) is 3.93. The molecule has 0 aliphatic heterocycles. The Balaban J connectivity index is 2.42. The van der Waals surface area contributed by atoms with E-state index in [2.05, 4.69) is 11.9 Å². The molecule has 1 heterocycles. The Labute approximate surface area is 81.6 Å². The third-order valence-corrected chi connectivity index (χ3v) is 2.26. The van der Waals surface area contributed by atoms with Crippen LogP contribution in [0.2, 0.25) is 0 Å². The Morgan fingerprint density at radius 1 is 1.69 bits per heavy atom. The van der Waals surface area contributed by atoms with E-state index >= 15 is 0 Å². The Morgan fingerprint density at radius 2 is 2.54 bits per heavy atom. The molecule has 0 aromatic carbocycles. The first-order chi connectivity index (χ1) is 6.34. The maximum absolute atomic E-state index is 11.3. The van der Waals surface area contributed by atoms with Crippen molar-refractivity contribution in [2.24, 2.45) is 0 Å². The summed E-state index contributed by atoms with van der Waals surface area (Å²) in [7, 11) is 0. The van der Waals surface area contributed by atoms with Gasteiger partial charge in [-0.1, -0.05) is 12.1 Å². The maximum atomic E-state index is 11.3. The SMILES string of the molecule is C=CCNC=CC(=O)c1cccs1. The zero-order valence-electron chi connectivity index (χ0n) is 7.19. The van der Waals surface area contributed by atoms with Crippen LogP contribution in [0.1, 0.15) is 9.67 Å². The number of nitrogens with one attached hydrogen (secondary N) is 1. The summed E-state index contributed by atoms with van der Waals surface area (Å²) in [6.45, 7) is 4.22. The van der Waals surface area contributed by atoms with Crippen molar-refractivity contribution >= 4 is 17.1 Å². The molecular weight excluding hydrogens is 182 g/mol. The molecule has 0 aliphatic rings. The van der Waals surface area contributed by atoms with E-state index in [0.29, 0.717) is 6.54 Å². The van der Waals surface area contributed by atoms with Crippen LogP contribution in [-0.4, -0.2) is 12.3 Å². The average Bonchev–Trinajstić information content (AvgIpc) is 2.65. The Bertz CT molecular complexity index is 301. The third kappa shape index (κ3) is 3.25. The van der Waals surface area contributed by atoms with Crippen LogP contribution in [0, 0.1) is 0 Å². The van der Waals surface area contributed by atoms with Gasteiger partial charge in [0.25, 0.3) is 0 Å². The number of carbonyl (C=O) groups is 1. The van der Waals surface area contributed by atoms with E-state index in [1.807, 2.05) is 17.5 Å². The van der Waals surface area contributed by atoms with Crippen molar-refractivity contribution in [3.05, 3.63) is 47.3 Å². The Kier molecular flexibility index (Phi) is 3.99. The zero-order valence-corrected chi connectivity index (χ0v) is 8.01. The lowest BCUT2D eigenvalue weighted by Crippen LogP contribution is -2.04. The summed E-state index contributed by atoms with van der Waals surface area (Å²) in [6, 6.07) is 3.67. The van der Waals surface area contributed by atoms with E-state index in [-0.39, 0.29) is 5.78 Å². The van der Waals surface area contributed by atoms with Gasteiger partial charge < -0.3 is 5.32 Å². The normalized spacial score (nSPS) is 10.2. The number of thiophene rings is 1. The van der Waals surface area contributed by atoms with E-state index in [0.717, 1.165) is 4.88 Å². The highest BCUT2D eigenvalue weighted by molar-refractivity contribution is 7.12. The smallest absolute Gasteiger partial charge is 0.197 e. The molecule has 0 radical (unpaired) electrons. The predicted molar refractivity (Wildman–Crippen MR) is 56.0 cm³/mol. The highest BCUT2D eigenvalue weighted by atomic mass is 32.1. The number of hydrogen-bond acceptors (Lipinski definition) is 3. The standard InChI is InChI=1S/C10H11NOS/c1-2-6-11-7-5-9(12)10-4-3-8-13-10/h2-5,7-8,11H,1,6H2. The van der Waals surface area contributed by atoms with Crippen LogP contribution in [0.4, 0.5) is 0 Å². The molecule has 1 rings (SSSR count). The van der Waals surface area contributed by atoms with E-state index < -0.39 is 0 Å². The molecule has 13 heavy (non-hydrogen) atoms. The van der Waals surface area contributed by atoms with Crippen molar-refractivity contribution in [1.29, 1.82) is 0 Å². The minimum atomic E-state index is 0.0339. The monoisotopic (exact) mass is 193 g/mol. The van der Waals surface area contributed by atoms with Gasteiger partial charge in [-0.25, -0.2) is 0 Å². The predicted octanol–water partition coefficient (Wildman–Crippen LogP) is 2.22. The lowest BCUT2D eigenvalue weighted by molar-refractivity contribution is 0.105. The van der Waals surface area contributed by atoms with Crippen LogP contribution in [0.3, 0.4) is 0 Å². The van der Waals surface area contributed by atoms with E-state index in [4.69, 9.17) is 0 Å². The lowest BCUT2D eigenvalue weighted by Gasteiger charge is -1.91. The molecule has 0 atom stereocenters. The molecule has 0 unspecified atom stereocenters. The van der Waals surface area contributed by atoms with Crippen LogP contribution < -0.4 is 5.32 Å². The van der Waals surface area contributed by atoms with Gasteiger partial charge in [-0.2, -0.15) is 0 Å². The summed E-state index contributed by atoms with van der Waals surface area (Å²) in [4.78, 5) is 12.1. The molecule has 2 nitrogen and oxygen atoms in total. The van der Waals surface area contributed by atoms with Gasteiger partial charge in [0, 0.05) is 18.8 Å². The third-order valence-electron chi connectivity index (χ3n) is 1.38. The highest BCUT2D eigenvalue weighted by Gasteiger charge is 2.00. The van der Waals surface area contributed by atoms with Gasteiger partial charge in [-0.05, 0) is 11.4 Å². The first-order valence-corrected chi connectivity index (χ1v) is 4.81. The molecule has 0 saturated heterocycles. The average molecular weight is 193 g/mol. The fourth-order valence-electron chi connectivity index (χ4n) is 0.787. The summed E-state index contributed by atoms with van der Waals surface area (Å²) < 4.78 is 0. The minimum absolute atomic E-state index is 0.0339. The van der Waals surface area contributed by atoms with E-state index in [1.54, 1.807) is 12.3 Å². The molecular formula is C10H11NOS. The van der Waals surface area contributed by atoms with Crippen molar-refractivity contribution in [3.8, 4) is 0 Å². The number of rotatable bonds is 5. The Morgan fingerprint density at radius 3 is 3.15 bits per heavy atom.